The number of allylic oxidation sites excluding steroid dienone is 1. The van der Waals surface area contributed by atoms with E-state index in [9.17, 15) is 9.90 Å². The number of phenolic OH excluding ortho intramolecular Hbond substituents is 1. The first-order chi connectivity index (χ1) is 14.8. The van der Waals surface area contributed by atoms with Crippen molar-refractivity contribution in [2.75, 3.05) is 25.6 Å². The van der Waals surface area contributed by atoms with E-state index in [0.717, 1.165) is 18.5 Å². The summed E-state index contributed by atoms with van der Waals surface area (Å²) in [7, 11) is 1.67. The van der Waals surface area contributed by atoms with Crippen molar-refractivity contribution in [1.82, 2.24) is 0 Å². The summed E-state index contributed by atoms with van der Waals surface area (Å²) < 4.78 is 23.9. The standard InChI is InChI=1S/C24H33NO6/c1-15(2)5-10-19-23(3,31-19)22-21(28-4)18(11-12-24(22)14-29-24)30-20(27)13-25-16-6-8-17(26)9-7-16/h5-9,18-19,21-22,25-26H,10-14H2,1-4H3/t18-,19-,21-,22-,23-,24+/m1/s1. The smallest absolute Gasteiger partial charge is 0.325 e. The van der Waals surface area contributed by atoms with E-state index >= 15 is 0 Å². The van der Waals surface area contributed by atoms with Crippen LogP contribution in [0.4, 0.5) is 5.69 Å². The third-order valence-electron chi connectivity index (χ3n) is 6.82. The second kappa shape index (κ2) is 8.45. The molecular formula is C24H33NO6. The Morgan fingerprint density at radius 1 is 1.32 bits per heavy atom. The quantitative estimate of drug-likeness (QED) is 0.282. The zero-order valence-electron chi connectivity index (χ0n) is 18.7. The zero-order valence-corrected chi connectivity index (χ0v) is 18.7. The molecular weight excluding hydrogens is 398 g/mol. The molecule has 1 aromatic rings. The maximum absolute atomic E-state index is 12.5. The van der Waals surface area contributed by atoms with Gasteiger partial charge in [0, 0.05) is 12.8 Å². The van der Waals surface area contributed by atoms with Crippen molar-refractivity contribution < 1.29 is 28.8 Å². The molecule has 1 saturated carbocycles. The Labute approximate surface area is 183 Å². The number of aromatic hydroxyl groups is 1. The first-order valence-electron chi connectivity index (χ1n) is 11.0. The second-order valence-electron chi connectivity index (χ2n) is 9.31. The number of esters is 1. The highest BCUT2D eigenvalue weighted by Gasteiger charge is 2.72. The SMILES string of the molecule is CO[C@@H]1[C@H](OC(=O)CNc2ccc(O)cc2)CC[C@]2(CO2)[C@H]1[C@]1(C)O[C@@H]1CC=C(C)C. The predicted octanol–water partition coefficient (Wildman–Crippen LogP) is 3.42. The lowest BCUT2D eigenvalue weighted by atomic mass is 9.68. The number of hydrogen-bond donors (Lipinski definition) is 2. The fraction of sp³-hybridized carbons (Fsp3) is 0.625. The fourth-order valence-corrected chi connectivity index (χ4v) is 5.03. The topological polar surface area (TPSA) is 92.9 Å². The van der Waals surface area contributed by atoms with Gasteiger partial charge in [0.1, 0.15) is 35.7 Å². The van der Waals surface area contributed by atoms with Gasteiger partial charge in [0.25, 0.3) is 0 Å². The number of phenols is 1. The Balaban J connectivity index is 1.40. The Morgan fingerprint density at radius 2 is 2.03 bits per heavy atom. The van der Waals surface area contributed by atoms with E-state index in [4.69, 9.17) is 18.9 Å². The molecule has 2 saturated heterocycles. The van der Waals surface area contributed by atoms with E-state index in [-0.39, 0.29) is 53.7 Å². The molecule has 7 heteroatoms. The van der Waals surface area contributed by atoms with Crippen LogP contribution < -0.4 is 5.32 Å². The van der Waals surface area contributed by atoms with Crippen LogP contribution in [0.15, 0.2) is 35.9 Å². The molecule has 170 valence electrons. The molecule has 2 aliphatic heterocycles. The average Bonchev–Trinajstić information content (AvgIpc) is 3.65. The van der Waals surface area contributed by atoms with Gasteiger partial charge in [0.15, 0.2) is 0 Å². The lowest BCUT2D eigenvalue weighted by molar-refractivity contribution is -0.170. The minimum atomic E-state index is -0.349. The molecule has 1 aromatic carbocycles. The van der Waals surface area contributed by atoms with Crippen LogP contribution in [0.5, 0.6) is 5.75 Å². The van der Waals surface area contributed by atoms with Gasteiger partial charge in [-0.3, -0.25) is 4.79 Å². The lowest BCUT2D eigenvalue weighted by Gasteiger charge is -2.42. The first-order valence-corrected chi connectivity index (χ1v) is 11.0. The van der Waals surface area contributed by atoms with Crippen molar-refractivity contribution in [3.05, 3.63) is 35.9 Å². The largest absolute Gasteiger partial charge is 0.508 e. The van der Waals surface area contributed by atoms with E-state index in [2.05, 4.69) is 32.2 Å². The van der Waals surface area contributed by atoms with Crippen LogP contribution in [0, 0.1) is 5.92 Å². The normalized spacial score (nSPS) is 36.0. The maximum Gasteiger partial charge on any atom is 0.325 e. The lowest BCUT2D eigenvalue weighted by Crippen LogP contribution is -2.55. The minimum Gasteiger partial charge on any atom is -0.508 e. The number of ether oxygens (including phenoxy) is 4. The summed E-state index contributed by atoms with van der Waals surface area (Å²) in [4.78, 5) is 12.5. The molecule has 1 aliphatic carbocycles. The van der Waals surface area contributed by atoms with Gasteiger partial charge in [-0.05, 0) is 64.3 Å². The number of methoxy groups -OCH3 is 1. The summed E-state index contributed by atoms with van der Waals surface area (Å²) in [6, 6.07) is 6.56. The first kappa shape index (κ1) is 22.1. The molecule has 1 spiro atoms. The predicted molar refractivity (Wildman–Crippen MR) is 116 cm³/mol. The van der Waals surface area contributed by atoms with Crippen LogP contribution in [0.1, 0.15) is 40.0 Å². The van der Waals surface area contributed by atoms with Gasteiger partial charge in [-0.25, -0.2) is 0 Å². The Hall–Kier alpha value is -2.09. The second-order valence-corrected chi connectivity index (χ2v) is 9.31. The van der Waals surface area contributed by atoms with Crippen molar-refractivity contribution >= 4 is 11.7 Å². The minimum absolute atomic E-state index is 0.0113. The van der Waals surface area contributed by atoms with Crippen molar-refractivity contribution in [2.45, 2.75) is 69.5 Å². The molecule has 4 rings (SSSR count). The number of epoxide rings is 2. The van der Waals surface area contributed by atoms with Crippen molar-refractivity contribution in [3.8, 4) is 5.75 Å². The van der Waals surface area contributed by atoms with Crippen LogP contribution in [0.2, 0.25) is 0 Å². The van der Waals surface area contributed by atoms with E-state index in [0.29, 0.717) is 13.0 Å². The number of nitrogens with one attached hydrogen (secondary N) is 1. The van der Waals surface area contributed by atoms with Gasteiger partial charge in [0.2, 0.25) is 0 Å². The number of carbonyl (C=O) groups excluding carboxylic acids is 1. The maximum atomic E-state index is 12.5. The van der Waals surface area contributed by atoms with Gasteiger partial charge in [-0.1, -0.05) is 11.6 Å². The number of carbonyl (C=O) groups is 1. The molecule has 6 atom stereocenters. The summed E-state index contributed by atoms with van der Waals surface area (Å²) in [6.45, 7) is 7.06. The van der Waals surface area contributed by atoms with E-state index in [1.54, 1.807) is 31.4 Å². The highest BCUT2D eigenvalue weighted by molar-refractivity contribution is 5.75. The summed E-state index contributed by atoms with van der Waals surface area (Å²) in [5, 5.41) is 12.4. The highest BCUT2D eigenvalue weighted by Crippen LogP contribution is 2.59. The Bertz CT molecular complexity index is 829. The van der Waals surface area contributed by atoms with Gasteiger partial charge < -0.3 is 29.4 Å². The van der Waals surface area contributed by atoms with Crippen LogP contribution in [0.25, 0.3) is 0 Å². The zero-order chi connectivity index (χ0) is 22.2. The van der Waals surface area contributed by atoms with Gasteiger partial charge >= 0.3 is 5.97 Å². The molecule has 0 bridgehead atoms. The third kappa shape index (κ3) is 4.59. The number of anilines is 1. The number of hydrogen-bond acceptors (Lipinski definition) is 7. The van der Waals surface area contributed by atoms with Gasteiger partial charge in [-0.15, -0.1) is 0 Å². The summed E-state index contributed by atoms with van der Waals surface area (Å²) in [5.74, 6) is -0.147. The van der Waals surface area contributed by atoms with Crippen LogP contribution in [-0.4, -0.2) is 60.9 Å². The summed E-state index contributed by atoms with van der Waals surface area (Å²) in [6.07, 6.45) is 4.09. The van der Waals surface area contributed by atoms with E-state index in [1.807, 2.05) is 0 Å². The van der Waals surface area contributed by atoms with Crippen LogP contribution in [0.3, 0.4) is 0 Å². The Kier molecular flexibility index (Phi) is 6.03. The Morgan fingerprint density at radius 3 is 2.65 bits per heavy atom. The third-order valence-corrected chi connectivity index (χ3v) is 6.82. The molecule has 2 heterocycles. The summed E-state index contributed by atoms with van der Waals surface area (Å²) in [5.41, 5.74) is 1.43. The molecule has 0 unspecified atom stereocenters. The molecule has 0 aromatic heterocycles. The van der Waals surface area contributed by atoms with Crippen molar-refractivity contribution in [1.29, 1.82) is 0 Å². The molecule has 3 fully saturated rings. The number of rotatable bonds is 8. The fourth-order valence-electron chi connectivity index (χ4n) is 5.03. The number of benzene rings is 1. The van der Waals surface area contributed by atoms with E-state index < -0.39 is 0 Å². The van der Waals surface area contributed by atoms with Gasteiger partial charge in [-0.2, -0.15) is 0 Å². The monoisotopic (exact) mass is 431 g/mol. The molecule has 3 aliphatic rings. The molecule has 0 amide bonds. The van der Waals surface area contributed by atoms with Crippen LogP contribution >= 0.6 is 0 Å². The average molecular weight is 432 g/mol. The van der Waals surface area contributed by atoms with Gasteiger partial charge in [0.05, 0.1) is 18.6 Å². The van der Waals surface area contributed by atoms with Crippen molar-refractivity contribution in [2.24, 2.45) is 5.92 Å². The molecule has 31 heavy (non-hydrogen) atoms. The van der Waals surface area contributed by atoms with Crippen molar-refractivity contribution in [3.63, 3.8) is 0 Å². The van der Waals surface area contributed by atoms with Crippen LogP contribution in [-0.2, 0) is 23.7 Å². The molecule has 0 radical (unpaired) electrons. The highest BCUT2D eigenvalue weighted by atomic mass is 16.6. The molecule has 7 nitrogen and oxygen atoms in total. The van der Waals surface area contributed by atoms with E-state index in [1.165, 1.54) is 5.57 Å². The molecule has 2 N–H and O–H groups in total. The summed E-state index contributed by atoms with van der Waals surface area (Å²) >= 11 is 0.